The molecule has 1 heterocycles. The number of fused-ring (bicyclic) bond motifs is 1. The fourth-order valence-electron chi connectivity index (χ4n) is 2.92. The normalized spacial score (nSPS) is 17.1. The third-order valence-electron chi connectivity index (χ3n) is 4.34. The van der Waals surface area contributed by atoms with Gasteiger partial charge >= 0.3 is 0 Å². The Labute approximate surface area is 151 Å². The molecule has 0 aliphatic carbocycles. The van der Waals surface area contributed by atoms with Crippen LogP contribution in [0.2, 0.25) is 0 Å². The van der Waals surface area contributed by atoms with Gasteiger partial charge in [0.25, 0.3) is 5.91 Å². The smallest absolute Gasteiger partial charge is 0.268 e. The zero-order valence-corrected chi connectivity index (χ0v) is 14.6. The monoisotopic (exact) mass is 352 g/mol. The molecule has 0 spiro atoms. The Balaban J connectivity index is 1.94. The Morgan fingerprint density at radius 1 is 1.27 bits per heavy atom. The molecule has 0 saturated carbocycles. The van der Waals surface area contributed by atoms with E-state index in [0.717, 1.165) is 0 Å². The van der Waals surface area contributed by atoms with Gasteiger partial charge in [-0.05, 0) is 43.7 Å². The minimum atomic E-state index is -0.763. The van der Waals surface area contributed by atoms with Crippen molar-refractivity contribution in [3.05, 3.63) is 54.1 Å². The minimum absolute atomic E-state index is 0.293. The summed E-state index contributed by atoms with van der Waals surface area (Å²) in [6.45, 7) is 3.51. The van der Waals surface area contributed by atoms with Crippen LogP contribution in [0.15, 0.2) is 48.5 Å². The number of ether oxygens (including phenoxy) is 1. The van der Waals surface area contributed by atoms with Crippen LogP contribution in [0, 0.1) is 0 Å². The lowest BCUT2D eigenvalue weighted by Gasteiger charge is -2.37. The van der Waals surface area contributed by atoms with Gasteiger partial charge in [0.15, 0.2) is 6.10 Å². The Bertz CT molecular complexity index is 835. The summed E-state index contributed by atoms with van der Waals surface area (Å²) in [7, 11) is 0. The van der Waals surface area contributed by atoms with E-state index in [9.17, 15) is 14.4 Å². The molecule has 6 nitrogen and oxygen atoms in total. The lowest BCUT2D eigenvalue weighted by molar-refractivity contribution is -0.129. The number of hydrogen-bond acceptors (Lipinski definition) is 4. The fraction of sp³-hybridized carbons (Fsp3) is 0.250. The highest BCUT2D eigenvalue weighted by Gasteiger charge is 2.38. The molecule has 134 valence electrons. The molecule has 26 heavy (non-hydrogen) atoms. The second-order valence-corrected chi connectivity index (χ2v) is 6.10. The Kier molecular flexibility index (Phi) is 5.02. The average molecular weight is 352 g/mol. The van der Waals surface area contributed by atoms with E-state index in [1.165, 1.54) is 4.90 Å². The van der Waals surface area contributed by atoms with E-state index in [1.54, 1.807) is 37.3 Å². The number of carbonyl (C=O) groups excluding carboxylic acids is 3. The SMILES string of the molecule is CCC1Oc2ccc(C=O)cc2N(C(C)C(=O)Nc2ccccc2)C1=O. The number of para-hydroxylation sites is 1. The zero-order chi connectivity index (χ0) is 18.7. The molecule has 6 heteroatoms. The fourth-order valence-corrected chi connectivity index (χ4v) is 2.92. The van der Waals surface area contributed by atoms with Crippen molar-refractivity contribution >= 4 is 29.5 Å². The summed E-state index contributed by atoms with van der Waals surface area (Å²) in [6, 6.07) is 13.1. The topological polar surface area (TPSA) is 75.7 Å². The third kappa shape index (κ3) is 3.31. The van der Waals surface area contributed by atoms with Gasteiger partial charge in [-0.25, -0.2) is 0 Å². The first kappa shape index (κ1) is 17.7. The molecule has 2 unspecified atom stereocenters. The van der Waals surface area contributed by atoms with Crippen LogP contribution in [0.4, 0.5) is 11.4 Å². The molecule has 2 atom stereocenters. The highest BCUT2D eigenvalue weighted by molar-refractivity contribution is 6.08. The Hall–Kier alpha value is -3.15. The minimum Gasteiger partial charge on any atom is -0.478 e. The highest BCUT2D eigenvalue weighted by Crippen LogP contribution is 2.36. The summed E-state index contributed by atoms with van der Waals surface area (Å²) in [5, 5.41) is 2.81. The number of amides is 2. The number of hydrogen-bond donors (Lipinski definition) is 1. The summed E-state index contributed by atoms with van der Waals surface area (Å²) in [6.07, 6.45) is 0.525. The van der Waals surface area contributed by atoms with Crippen molar-refractivity contribution in [2.45, 2.75) is 32.4 Å². The Morgan fingerprint density at radius 2 is 2.00 bits per heavy atom. The van der Waals surface area contributed by atoms with Crippen molar-refractivity contribution in [3.63, 3.8) is 0 Å². The first-order valence-corrected chi connectivity index (χ1v) is 8.50. The van der Waals surface area contributed by atoms with Crippen LogP contribution in [0.1, 0.15) is 30.6 Å². The lowest BCUT2D eigenvalue weighted by atomic mass is 10.1. The van der Waals surface area contributed by atoms with Crippen molar-refractivity contribution in [2.24, 2.45) is 0 Å². The maximum absolute atomic E-state index is 12.8. The molecule has 0 radical (unpaired) electrons. The van der Waals surface area contributed by atoms with Gasteiger partial charge in [-0.15, -0.1) is 0 Å². The number of benzene rings is 2. The Morgan fingerprint density at radius 3 is 2.65 bits per heavy atom. The van der Waals surface area contributed by atoms with Crippen molar-refractivity contribution in [1.29, 1.82) is 0 Å². The molecule has 2 amide bonds. The maximum Gasteiger partial charge on any atom is 0.268 e. The molecule has 0 aromatic heterocycles. The van der Waals surface area contributed by atoms with E-state index in [2.05, 4.69) is 5.32 Å². The molecule has 2 aromatic carbocycles. The number of aldehydes is 1. The summed E-state index contributed by atoms with van der Waals surface area (Å²) >= 11 is 0. The van der Waals surface area contributed by atoms with Gasteiger partial charge in [0, 0.05) is 11.3 Å². The lowest BCUT2D eigenvalue weighted by Crippen LogP contribution is -2.53. The molecule has 3 rings (SSSR count). The number of nitrogens with one attached hydrogen (secondary N) is 1. The zero-order valence-electron chi connectivity index (χ0n) is 14.6. The van der Waals surface area contributed by atoms with Crippen LogP contribution in [0.25, 0.3) is 0 Å². The quantitative estimate of drug-likeness (QED) is 0.839. The number of rotatable bonds is 5. The van der Waals surface area contributed by atoms with Crippen LogP contribution in [0.5, 0.6) is 5.75 Å². The van der Waals surface area contributed by atoms with Gasteiger partial charge in [0.1, 0.15) is 18.1 Å². The van der Waals surface area contributed by atoms with Crippen LogP contribution in [-0.4, -0.2) is 30.2 Å². The van der Waals surface area contributed by atoms with Gasteiger partial charge in [0.2, 0.25) is 5.91 Å². The van der Waals surface area contributed by atoms with E-state index in [1.807, 2.05) is 25.1 Å². The van der Waals surface area contributed by atoms with Crippen LogP contribution >= 0.6 is 0 Å². The standard InChI is InChI=1S/C20H20N2O4/c1-3-17-20(25)22(16-11-14(12-23)9-10-18(16)26-17)13(2)19(24)21-15-7-5-4-6-8-15/h4-13,17H,3H2,1-2H3,(H,21,24). The van der Waals surface area contributed by atoms with Gasteiger partial charge in [-0.3, -0.25) is 19.3 Å². The van der Waals surface area contributed by atoms with E-state index in [-0.39, 0.29) is 11.8 Å². The molecule has 0 fully saturated rings. The molecule has 1 aliphatic heterocycles. The van der Waals surface area contributed by atoms with Gasteiger partial charge in [-0.1, -0.05) is 25.1 Å². The number of nitrogens with zero attached hydrogens (tertiary/aromatic N) is 1. The van der Waals surface area contributed by atoms with Gasteiger partial charge < -0.3 is 10.1 Å². The predicted molar refractivity (Wildman–Crippen MR) is 98.6 cm³/mol. The van der Waals surface area contributed by atoms with Gasteiger partial charge in [0.05, 0.1) is 5.69 Å². The van der Waals surface area contributed by atoms with Crippen molar-refractivity contribution in [3.8, 4) is 5.75 Å². The number of anilines is 2. The molecule has 0 bridgehead atoms. The number of carbonyl (C=O) groups is 3. The first-order chi connectivity index (χ1) is 12.5. The van der Waals surface area contributed by atoms with E-state index in [4.69, 9.17) is 4.74 Å². The van der Waals surface area contributed by atoms with Crippen LogP contribution in [-0.2, 0) is 9.59 Å². The molecule has 2 aromatic rings. The second-order valence-electron chi connectivity index (χ2n) is 6.10. The molecule has 1 aliphatic rings. The van der Waals surface area contributed by atoms with Crippen molar-refractivity contribution < 1.29 is 19.1 Å². The maximum atomic E-state index is 12.8. The molecule has 1 N–H and O–H groups in total. The van der Waals surface area contributed by atoms with Crippen LogP contribution < -0.4 is 15.0 Å². The summed E-state index contributed by atoms with van der Waals surface area (Å²) in [5.74, 6) is -0.121. The van der Waals surface area contributed by atoms with Crippen molar-refractivity contribution in [1.82, 2.24) is 0 Å². The second kappa shape index (κ2) is 7.39. The largest absolute Gasteiger partial charge is 0.478 e. The summed E-state index contributed by atoms with van der Waals surface area (Å²) in [4.78, 5) is 38.1. The highest BCUT2D eigenvalue weighted by atomic mass is 16.5. The molecular formula is C20H20N2O4. The first-order valence-electron chi connectivity index (χ1n) is 8.50. The van der Waals surface area contributed by atoms with E-state index >= 15 is 0 Å². The van der Waals surface area contributed by atoms with Gasteiger partial charge in [-0.2, -0.15) is 0 Å². The van der Waals surface area contributed by atoms with E-state index in [0.29, 0.717) is 35.4 Å². The molecular weight excluding hydrogens is 332 g/mol. The van der Waals surface area contributed by atoms with Crippen molar-refractivity contribution in [2.75, 3.05) is 10.2 Å². The average Bonchev–Trinajstić information content (AvgIpc) is 2.67. The van der Waals surface area contributed by atoms with Crippen LogP contribution in [0.3, 0.4) is 0 Å². The molecule has 0 saturated heterocycles. The summed E-state index contributed by atoms with van der Waals surface area (Å²) in [5.41, 5.74) is 1.50. The summed E-state index contributed by atoms with van der Waals surface area (Å²) < 4.78 is 5.73. The van der Waals surface area contributed by atoms with E-state index < -0.39 is 12.1 Å². The predicted octanol–water partition coefficient (Wildman–Crippen LogP) is 3.03. The third-order valence-corrected chi connectivity index (χ3v) is 4.34.